The van der Waals surface area contributed by atoms with Crippen molar-refractivity contribution < 1.29 is 9.90 Å². The van der Waals surface area contributed by atoms with E-state index in [0.29, 0.717) is 13.0 Å². The monoisotopic (exact) mass is 322 g/mol. The lowest BCUT2D eigenvalue weighted by Gasteiger charge is -2.22. The molecule has 112 valence electrons. The number of nitrogens with zero attached hydrogens (tertiary/aromatic N) is 2. The Balaban J connectivity index is 1.67. The smallest absolute Gasteiger partial charge is 0.310 e. The molecule has 0 aliphatic carbocycles. The van der Waals surface area contributed by atoms with E-state index in [1.165, 1.54) is 5.56 Å². The van der Waals surface area contributed by atoms with Crippen LogP contribution in [-0.2, 0) is 11.3 Å². The molecule has 0 radical (unpaired) electrons. The molecule has 1 aliphatic rings. The van der Waals surface area contributed by atoms with Crippen molar-refractivity contribution in [2.75, 3.05) is 13.1 Å². The van der Waals surface area contributed by atoms with Crippen molar-refractivity contribution in [3.8, 4) is 10.6 Å². The highest BCUT2D eigenvalue weighted by atomic mass is 32.1. The third kappa shape index (κ3) is 2.88. The highest BCUT2D eigenvalue weighted by Crippen LogP contribution is 2.35. The first-order chi connectivity index (χ1) is 10.1. The second-order valence-electron chi connectivity index (χ2n) is 5.56. The summed E-state index contributed by atoms with van der Waals surface area (Å²) in [7, 11) is 0. The Labute approximate surface area is 132 Å². The van der Waals surface area contributed by atoms with Crippen molar-refractivity contribution >= 4 is 28.6 Å². The largest absolute Gasteiger partial charge is 0.481 e. The van der Waals surface area contributed by atoms with Crippen LogP contribution < -0.4 is 0 Å². The number of aromatic nitrogens is 1. The van der Waals surface area contributed by atoms with E-state index in [-0.39, 0.29) is 0 Å². The van der Waals surface area contributed by atoms with E-state index >= 15 is 0 Å². The fraction of sp³-hybridized carbons (Fsp3) is 0.467. The number of carboxylic acids is 1. The van der Waals surface area contributed by atoms with E-state index in [1.807, 2.05) is 6.92 Å². The van der Waals surface area contributed by atoms with Crippen LogP contribution in [-0.4, -0.2) is 34.0 Å². The van der Waals surface area contributed by atoms with Crippen molar-refractivity contribution in [3.05, 3.63) is 27.9 Å². The van der Waals surface area contributed by atoms with Crippen LogP contribution in [0.4, 0.5) is 0 Å². The van der Waals surface area contributed by atoms with Gasteiger partial charge in [0.1, 0.15) is 5.01 Å². The van der Waals surface area contributed by atoms with Crippen LogP contribution in [0, 0.1) is 5.41 Å². The third-order valence-electron chi connectivity index (χ3n) is 4.27. The molecule has 21 heavy (non-hydrogen) atoms. The number of aliphatic carboxylic acids is 1. The maximum Gasteiger partial charge on any atom is 0.310 e. The quantitative estimate of drug-likeness (QED) is 0.914. The van der Waals surface area contributed by atoms with Gasteiger partial charge in [0.2, 0.25) is 0 Å². The second kappa shape index (κ2) is 5.87. The molecule has 2 aromatic heterocycles. The summed E-state index contributed by atoms with van der Waals surface area (Å²) in [5, 5.41) is 16.7. The fourth-order valence-electron chi connectivity index (χ4n) is 2.84. The van der Waals surface area contributed by atoms with E-state index in [0.717, 1.165) is 30.2 Å². The van der Waals surface area contributed by atoms with E-state index in [9.17, 15) is 9.90 Å². The van der Waals surface area contributed by atoms with Crippen LogP contribution in [0.15, 0.2) is 22.2 Å². The molecule has 3 heterocycles. The topological polar surface area (TPSA) is 53.4 Å². The Bertz CT molecular complexity index is 623. The van der Waals surface area contributed by atoms with Gasteiger partial charge in [0, 0.05) is 29.4 Å². The molecule has 2 aromatic rings. The summed E-state index contributed by atoms with van der Waals surface area (Å²) in [6.45, 7) is 4.18. The summed E-state index contributed by atoms with van der Waals surface area (Å²) in [6.07, 6.45) is 1.43. The first-order valence-corrected chi connectivity index (χ1v) is 8.88. The molecular formula is C15H18N2O2S2. The molecule has 0 bridgehead atoms. The first-order valence-electron chi connectivity index (χ1n) is 7.06. The summed E-state index contributed by atoms with van der Waals surface area (Å²) in [6, 6.07) is 2.08. The average molecular weight is 322 g/mol. The van der Waals surface area contributed by atoms with Crippen LogP contribution in [0.5, 0.6) is 0 Å². The zero-order valence-corrected chi connectivity index (χ0v) is 13.5. The molecule has 1 saturated heterocycles. The summed E-state index contributed by atoms with van der Waals surface area (Å²) in [4.78, 5) is 18.4. The van der Waals surface area contributed by atoms with E-state index in [1.54, 1.807) is 22.7 Å². The van der Waals surface area contributed by atoms with Gasteiger partial charge in [0.05, 0.1) is 11.1 Å². The zero-order chi connectivity index (χ0) is 14.9. The van der Waals surface area contributed by atoms with Gasteiger partial charge in [-0.05, 0) is 30.8 Å². The van der Waals surface area contributed by atoms with Crippen LogP contribution in [0.25, 0.3) is 10.6 Å². The second-order valence-corrected chi connectivity index (χ2v) is 7.19. The zero-order valence-electron chi connectivity index (χ0n) is 11.9. The molecule has 0 aromatic carbocycles. The summed E-state index contributed by atoms with van der Waals surface area (Å²) < 4.78 is 0. The number of rotatable bonds is 5. The Hall–Kier alpha value is -1.24. The summed E-state index contributed by atoms with van der Waals surface area (Å²) in [5.74, 6) is -0.662. The van der Waals surface area contributed by atoms with Gasteiger partial charge in [-0.25, -0.2) is 4.98 Å². The van der Waals surface area contributed by atoms with Gasteiger partial charge < -0.3 is 5.11 Å². The van der Waals surface area contributed by atoms with Gasteiger partial charge in [-0.2, -0.15) is 11.3 Å². The van der Waals surface area contributed by atoms with Crippen LogP contribution in [0.1, 0.15) is 25.5 Å². The fourth-order valence-corrected chi connectivity index (χ4v) is 4.36. The van der Waals surface area contributed by atoms with Gasteiger partial charge in [0.25, 0.3) is 0 Å². The van der Waals surface area contributed by atoms with Crippen molar-refractivity contribution in [1.82, 2.24) is 9.88 Å². The Morgan fingerprint density at radius 1 is 1.52 bits per heavy atom. The van der Waals surface area contributed by atoms with Crippen LogP contribution in [0.2, 0.25) is 0 Å². The van der Waals surface area contributed by atoms with Crippen LogP contribution >= 0.6 is 22.7 Å². The molecule has 0 amide bonds. The Morgan fingerprint density at radius 2 is 2.38 bits per heavy atom. The lowest BCUT2D eigenvalue weighted by atomic mass is 9.84. The molecule has 1 aliphatic heterocycles. The van der Waals surface area contributed by atoms with Crippen molar-refractivity contribution in [3.63, 3.8) is 0 Å². The maximum atomic E-state index is 11.5. The van der Waals surface area contributed by atoms with Gasteiger partial charge in [0.15, 0.2) is 0 Å². The highest BCUT2D eigenvalue weighted by Gasteiger charge is 2.43. The predicted molar refractivity (Wildman–Crippen MR) is 85.7 cm³/mol. The number of thiazole rings is 1. The minimum absolute atomic E-state index is 0.563. The summed E-state index contributed by atoms with van der Waals surface area (Å²) >= 11 is 3.33. The van der Waals surface area contributed by atoms with Gasteiger partial charge in [-0.15, -0.1) is 11.3 Å². The first kappa shape index (κ1) is 14.7. The van der Waals surface area contributed by atoms with Gasteiger partial charge >= 0.3 is 5.97 Å². The molecule has 6 heteroatoms. The maximum absolute atomic E-state index is 11.5. The number of carboxylic acid groups (broad SMARTS) is 1. The number of carbonyl (C=O) groups is 1. The van der Waals surface area contributed by atoms with Crippen molar-refractivity contribution in [2.24, 2.45) is 5.41 Å². The molecule has 1 N–H and O–H groups in total. The lowest BCUT2D eigenvalue weighted by molar-refractivity contribution is -0.148. The van der Waals surface area contributed by atoms with E-state index in [4.69, 9.17) is 0 Å². The molecule has 0 saturated carbocycles. The van der Waals surface area contributed by atoms with Crippen molar-refractivity contribution in [2.45, 2.75) is 26.3 Å². The molecule has 1 unspecified atom stereocenters. The average Bonchev–Trinajstić information content (AvgIpc) is 3.19. The Morgan fingerprint density at radius 3 is 3.00 bits per heavy atom. The standard InChI is InChI=1S/C15H18N2O2S2/c1-2-15(14(18)19)4-5-17(10-15)7-12-9-21-13(16-12)11-3-6-20-8-11/h3,6,8-9H,2,4-5,7,10H2,1H3,(H,18,19). The van der Waals surface area contributed by atoms with Gasteiger partial charge in [-0.1, -0.05) is 6.92 Å². The highest BCUT2D eigenvalue weighted by molar-refractivity contribution is 7.14. The SMILES string of the molecule is CCC1(C(=O)O)CCN(Cc2csc(-c3ccsc3)n2)C1. The predicted octanol–water partition coefficient (Wildman–Crippen LogP) is 3.56. The number of thiophene rings is 1. The van der Waals surface area contributed by atoms with Crippen LogP contribution in [0.3, 0.4) is 0 Å². The molecule has 1 fully saturated rings. The minimum atomic E-state index is -0.662. The molecule has 4 nitrogen and oxygen atoms in total. The minimum Gasteiger partial charge on any atom is -0.481 e. The third-order valence-corrected chi connectivity index (χ3v) is 5.89. The number of likely N-dealkylation sites (tertiary alicyclic amines) is 1. The number of hydrogen-bond acceptors (Lipinski definition) is 5. The molecular weight excluding hydrogens is 304 g/mol. The Kier molecular flexibility index (Phi) is 4.10. The molecule has 1 atom stereocenters. The van der Waals surface area contributed by atoms with Gasteiger partial charge in [-0.3, -0.25) is 9.69 Å². The van der Waals surface area contributed by atoms with E-state index < -0.39 is 11.4 Å². The van der Waals surface area contributed by atoms with Crippen molar-refractivity contribution in [1.29, 1.82) is 0 Å². The number of hydrogen-bond donors (Lipinski definition) is 1. The molecule has 0 spiro atoms. The molecule has 3 rings (SSSR count). The normalized spacial score (nSPS) is 22.7. The summed E-state index contributed by atoms with van der Waals surface area (Å²) in [5.41, 5.74) is 1.65. The van der Waals surface area contributed by atoms with E-state index in [2.05, 4.69) is 32.1 Å². The lowest BCUT2D eigenvalue weighted by Crippen LogP contribution is -2.33.